The van der Waals surface area contributed by atoms with Crippen LogP contribution in [0.4, 0.5) is 5.69 Å². The van der Waals surface area contributed by atoms with Gasteiger partial charge in [-0.2, -0.15) is 0 Å². The monoisotopic (exact) mass is 385 g/mol. The number of nitrogens with zero attached hydrogens (tertiary/aromatic N) is 3. The minimum atomic E-state index is -0.688. The molecular weight excluding hydrogens is 362 g/mol. The molecule has 1 saturated heterocycles. The van der Waals surface area contributed by atoms with Gasteiger partial charge in [-0.3, -0.25) is 19.8 Å². The van der Waals surface area contributed by atoms with E-state index in [4.69, 9.17) is 4.74 Å². The number of hydrogen-bond acceptors (Lipinski definition) is 6. The van der Waals surface area contributed by atoms with E-state index in [2.05, 4.69) is 4.90 Å². The fourth-order valence-corrected chi connectivity index (χ4v) is 3.10. The van der Waals surface area contributed by atoms with Crippen LogP contribution in [0.15, 0.2) is 54.6 Å². The molecule has 28 heavy (non-hydrogen) atoms. The Labute approximate surface area is 163 Å². The number of aliphatic hydroxyl groups is 1. The van der Waals surface area contributed by atoms with Gasteiger partial charge in [-0.1, -0.05) is 18.2 Å². The highest BCUT2D eigenvalue weighted by Gasteiger charge is 2.23. The molecular formula is C20H23N3O5. The van der Waals surface area contributed by atoms with Crippen LogP contribution in [0.1, 0.15) is 10.4 Å². The highest BCUT2D eigenvalue weighted by molar-refractivity contribution is 5.94. The van der Waals surface area contributed by atoms with Crippen molar-refractivity contribution in [1.82, 2.24) is 9.80 Å². The summed E-state index contributed by atoms with van der Waals surface area (Å²) in [5, 5.41) is 20.8. The van der Waals surface area contributed by atoms with Crippen LogP contribution >= 0.6 is 0 Å². The SMILES string of the molecule is O=C(c1ccccc1)N1CCN(C[C@@H](O)COc2ccc([N+](=O)[O-])cc2)CC1. The lowest BCUT2D eigenvalue weighted by atomic mass is 10.2. The maximum Gasteiger partial charge on any atom is 0.269 e. The van der Waals surface area contributed by atoms with Crippen LogP contribution in [0.25, 0.3) is 0 Å². The lowest BCUT2D eigenvalue weighted by Gasteiger charge is -2.35. The Morgan fingerprint density at radius 3 is 2.32 bits per heavy atom. The molecule has 1 heterocycles. The second-order valence-corrected chi connectivity index (χ2v) is 6.67. The first-order valence-electron chi connectivity index (χ1n) is 9.15. The molecule has 1 atom stereocenters. The minimum Gasteiger partial charge on any atom is -0.491 e. The molecule has 8 nitrogen and oxygen atoms in total. The van der Waals surface area contributed by atoms with E-state index >= 15 is 0 Å². The Hall–Kier alpha value is -2.97. The van der Waals surface area contributed by atoms with E-state index < -0.39 is 11.0 Å². The first-order valence-corrected chi connectivity index (χ1v) is 9.15. The lowest BCUT2D eigenvalue weighted by molar-refractivity contribution is -0.384. The third kappa shape index (κ3) is 5.28. The van der Waals surface area contributed by atoms with Crippen LogP contribution in [0.2, 0.25) is 0 Å². The molecule has 0 aromatic heterocycles. The second-order valence-electron chi connectivity index (χ2n) is 6.67. The highest BCUT2D eigenvalue weighted by Crippen LogP contribution is 2.17. The van der Waals surface area contributed by atoms with Crippen LogP contribution < -0.4 is 4.74 Å². The largest absolute Gasteiger partial charge is 0.491 e. The van der Waals surface area contributed by atoms with Crippen LogP contribution in [-0.4, -0.2) is 71.2 Å². The average molecular weight is 385 g/mol. The summed E-state index contributed by atoms with van der Waals surface area (Å²) in [6, 6.07) is 15.0. The van der Waals surface area contributed by atoms with Crippen molar-refractivity contribution in [2.24, 2.45) is 0 Å². The van der Waals surface area contributed by atoms with Crippen molar-refractivity contribution in [3.8, 4) is 5.75 Å². The van der Waals surface area contributed by atoms with Gasteiger partial charge in [-0.25, -0.2) is 0 Å². The quantitative estimate of drug-likeness (QED) is 0.577. The summed E-state index contributed by atoms with van der Waals surface area (Å²) in [5.74, 6) is 0.505. The molecule has 148 valence electrons. The third-order valence-corrected chi connectivity index (χ3v) is 4.64. The molecule has 0 bridgehead atoms. The van der Waals surface area contributed by atoms with Crippen LogP contribution in [-0.2, 0) is 0 Å². The standard InChI is InChI=1S/C20H23N3O5/c24-18(15-28-19-8-6-17(7-9-19)23(26)27)14-21-10-12-22(13-11-21)20(25)16-4-2-1-3-5-16/h1-9,18,24H,10-15H2/t18-/m1/s1. The fourth-order valence-electron chi connectivity index (χ4n) is 3.10. The summed E-state index contributed by atoms with van der Waals surface area (Å²) in [4.78, 5) is 26.5. The van der Waals surface area contributed by atoms with Crippen molar-refractivity contribution in [1.29, 1.82) is 0 Å². The number of aliphatic hydroxyl groups excluding tert-OH is 1. The zero-order valence-corrected chi connectivity index (χ0v) is 15.4. The first-order chi connectivity index (χ1) is 13.5. The fraction of sp³-hybridized carbons (Fsp3) is 0.350. The topological polar surface area (TPSA) is 96.2 Å². The van der Waals surface area contributed by atoms with Crippen molar-refractivity contribution < 1.29 is 19.6 Å². The molecule has 1 fully saturated rings. The molecule has 0 saturated carbocycles. The molecule has 0 spiro atoms. The number of amides is 1. The summed E-state index contributed by atoms with van der Waals surface area (Å²) in [7, 11) is 0. The van der Waals surface area contributed by atoms with Gasteiger partial charge in [0.15, 0.2) is 0 Å². The number of rotatable bonds is 7. The van der Waals surface area contributed by atoms with Gasteiger partial charge in [0.25, 0.3) is 11.6 Å². The van der Waals surface area contributed by atoms with Gasteiger partial charge in [0.1, 0.15) is 18.5 Å². The number of piperazine rings is 1. The van der Waals surface area contributed by atoms with Crippen LogP contribution in [0.3, 0.4) is 0 Å². The predicted octanol–water partition coefficient (Wildman–Crippen LogP) is 1.79. The normalized spacial score (nSPS) is 15.8. The van der Waals surface area contributed by atoms with Crippen molar-refractivity contribution in [3.05, 3.63) is 70.3 Å². The van der Waals surface area contributed by atoms with Crippen LogP contribution in [0, 0.1) is 10.1 Å². The van der Waals surface area contributed by atoms with Crippen molar-refractivity contribution in [2.45, 2.75) is 6.10 Å². The first kappa shape index (κ1) is 19.8. The molecule has 3 rings (SSSR count). The third-order valence-electron chi connectivity index (χ3n) is 4.64. The zero-order valence-electron chi connectivity index (χ0n) is 15.4. The number of β-amino-alcohol motifs (C(OH)–C–C–N with tert-alkyl or cyclic N) is 1. The summed E-state index contributed by atoms with van der Waals surface area (Å²) in [6.07, 6.45) is -0.688. The van der Waals surface area contributed by atoms with E-state index in [1.54, 1.807) is 0 Å². The molecule has 1 N–H and O–H groups in total. The molecule has 1 aliphatic heterocycles. The van der Waals surface area contributed by atoms with E-state index in [-0.39, 0.29) is 18.2 Å². The van der Waals surface area contributed by atoms with E-state index in [0.29, 0.717) is 44.0 Å². The number of benzene rings is 2. The van der Waals surface area contributed by atoms with Gasteiger partial charge < -0.3 is 14.7 Å². The molecule has 2 aromatic carbocycles. The van der Waals surface area contributed by atoms with Gasteiger partial charge in [-0.15, -0.1) is 0 Å². The van der Waals surface area contributed by atoms with Crippen molar-refractivity contribution in [2.75, 3.05) is 39.3 Å². The smallest absolute Gasteiger partial charge is 0.269 e. The molecule has 0 radical (unpaired) electrons. The van der Waals surface area contributed by atoms with Crippen molar-refractivity contribution >= 4 is 11.6 Å². The number of ether oxygens (including phenoxy) is 1. The lowest BCUT2D eigenvalue weighted by Crippen LogP contribution is -2.50. The Morgan fingerprint density at radius 2 is 1.71 bits per heavy atom. The number of hydrogen-bond donors (Lipinski definition) is 1. The maximum absolute atomic E-state index is 12.4. The number of carbonyl (C=O) groups excluding carboxylic acids is 1. The highest BCUT2D eigenvalue weighted by atomic mass is 16.6. The Morgan fingerprint density at radius 1 is 1.07 bits per heavy atom. The molecule has 0 aliphatic carbocycles. The molecule has 0 unspecified atom stereocenters. The number of nitro groups is 1. The zero-order chi connectivity index (χ0) is 19.9. The summed E-state index contributed by atoms with van der Waals surface area (Å²) in [5.41, 5.74) is 0.684. The second kappa shape index (κ2) is 9.29. The summed E-state index contributed by atoms with van der Waals surface area (Å²) < 4.78 is 5.50. The van der Waals surface area contributed by atoms with E-state index in [1.165, 1.54) is 24.3 Å². The van der Waals surface area contributed by atoms with E-state index in [0.717, 1.165) is 0 Å². The van der Waals surface area contributed by atoms with E-state index in [1.807, 2.05) is 35.2 Å². The molecule has 1 aliphatic rings. The maximum atomic E-state index is 12.4. The summed E-state index contributed by atoms with van der Waals surface area (Å²) in [6.45, 7) is 3.15. The van der Waals surface area contributed by atoms with Gasteiger partial charge in [-0.05, 0) is 24.3 Å². The van der Waals surface area contributed by atoms with Gasteiger partial charge in [0.2, 0.25) is 0 Å². The predicted molar refractivity (Wildman–Crippen MR) is 103 cm³/mol. The van der Waals surface area contributed by atoms with Crippen LogP contribution in [0.5, 0.6) is 5.75 Å². The Kier molecular flexibility index (Phi) is 6.57. The molecule has 2 aromatic rings. The van der Waals surface area contributed by atoms with E-state index in [9.17, 15) is 20.0 Å². The molecule has 8 heteroatoms. The molecule has 1 amide bonds. The van der Waals surface area contributed by atoms with Gasteiger partial charge in [0, 0.05) is 50.4 Å². The number of carbonyl (C=O) groups is 1. The van der Waals surface area contributed by atoms with Crippen molar-refractivity contribution in [3.63, 3.8) is 0 Å². The number of non-ortho nitro benzene ring substituents is 1. The number of nitro benzene ring substituents is 1. The Bertz CT molecular complexity index is 789. The average Bonchev–Trinajstić information content (AvgIpc) is 2.73. The summed E-state index contributed by atoms with van der Waals surface area (Å²) >= 11 is 0. The Balaban J connectivity index is 1.40. The minimum absolute atomic E-state index is 0.00387. The van der Waals surface area contributed by atoms with Gasteiger partial charge in [0.05, 0.1) is 4.92 Å². The van der Waals surface area contributed by atoms with Gasteiger partial charge >= 0.3 is 0 Å².